The van der Waals surface area contributed by atoms with Crippen molar-refractivity contribution in [2.75, 3.05) is 0 Å². The van der Waals surface area contributed by atoms with E-state index in [1.54, 1.807) is 6.20 Å². The van der Waals surface area contributed by atoms with Gasteiger partial charge in [0.05, 0.1) is 0 Å². The van der Waals surface area contributed by atoms with Gasteiger partial charge in [0.2, 0.25) is 0 Å². The van der Waals surface area contributed by atoms with Gasteiger partial charge >= 0.3 is 0 Å². The molecule has 2 nitrogen and oxygen atoms in total. The summed E-state index contributed by atoms with van der Waals surface area (Å²) < 4.78 is 0. The van der Waals surface area contributed by atoms with Gasteiger partial charge in [-0.05, 0) is 24.0 Å². The minimum atomic E-state index is 0.362. The van der Waals surface area contributed by atoms with E-state index in [-0.39, 0.29) is 0 Å². The Bertz CT molecular complexity index is 536. The highest BCUT2D eigenvalue weighted by atomic mass is 16.3. The van der Waals surface area contributed by atoms with Gasteiger partial charge in [-0.1, -0.05) is 57.7 Å². The molecule has 102 valence electrons. The van der Waals surface area contributed by atoms with Gasteiger partial charge in [0.1, 0.15) is 11.3 Å². The Labute approximate surface area is 115 Å². The van der Waals surface area contributed by atoms with Crippen molar-refractivity contribution in [2.45, 2.75) is 51.9 Å². The second kappa shape index (κ2) is 6.55. The minimum Gasteiger partial charge on any atom is -0.505 e. The number of rotatable bonds is 6. The SMILES string of the molecule is CCCCCCC(C)c1ccc2cccnc2c1O. The van der Waals surface area contributed by atoms with E-state index in [9.17, 15) is 5.11 Å². The Morgan fingerprint density at radius 2 is 2.00 bits per heavy atom. The summed E-state index contributed by atoms with van der Waals surface area (Å²) in [7, 11) is 0. The first kappa shape index (κ1) is 13.9. The molecule has 0 saturated carbocycles. The Morgan fingerprint density at radius 1 is 1.16 bits per heavy atom. The molecule has 1 aromatic heterocycles. The zero-order valence-corrected chi connectivity index (χ0v) is 11.9. The summed E-state index contributed by atoms with van der Waals surface area (Å²) in [6.07, 6.45) is 7.95. The molecule has 0 aliphatic rings. The summed E-state index contributed by atoms with van der Waals surface area (Å²) in [5.74, 6) is 0.754. The highest BCUT2D eigenvalue weighted by Gasteiger charge is 2.13. The quantitative estimate of drug-likeness (QED) is 0.737. The maximum absolute atomic E-state index is 10.4. The van der Waals surface area contributed by atoms with Crippen LogP contribution in [-0.2, 0) is 0 Å². The predicted molar refractivity (Wildman–Crippen MR) is 80.6 cm³/mol. The van der Waals surface area contributed by atoms with Gasteiger partial charge in [-0.25, -0.2) is 0 Å². The van der Waals surface area contributed by atoms with Crippen molar-refractivity contribution in [3.8, 4) is 5.75 Å². The average Bonchev–Trinajstić information content (AvgIpc) is 2.44. The predicted octanol–water partition coefficient (Wildman–Crippen LogP) is 5.01. The fraction of sp³-hybridized carbons (Fsp3) is 0.471. The first-order valence-electron chi connectivity index (χ1n) is 7.30. The molecule has 1 unspecified atom stereocenters. The average molecular weight is 257 g/mol. The van der Waals surface area contributed by atoms with E-state index in [4.69, 9.17) is 0 Å². The van der Waals surface area contributed by atoms with E-state index in [1.165, 1.54) is 25.7 Å². The monoisotopic (exact) mass is 257 g/mol. The van der Waals surface area contributed by atoms with Gasteiger partial charge in [0.15, 0.2) is 0 Å². The Hall–Kier alpha value is -1.57. The molecule has 0 aliphatic heterocycles. The zero-order chi connectivity index (χ0) is 13.7. The van der Waals surface area contributed by atoms with Crippen molar-refractivity contribution in [2.24, 2.45) is 0 Å². The summed E-state index contributed by atoms with van der Waals surface area (Å²) in [4.78, 5) is 4.28. The summed E-state index contributed by atoms with van der Waals surface area (Å²) in [6.45, 7) is 4.42. The number of unbranched alkanes of at least 4 members (excludes halogenated alkanes) is 3. The van der Waals surface area contributed by atoms with Crippen LogP contribution in [0.4, 0.5) is 0 Å². The standard InChI is InChI=1S/C17H23NO/c1-3-4-5-6-8-13(2)15-11-10-14-9-7-12-18-16(14)17(15)19/h7,9-13,19H,3-6,8H2,1-2H3. The molecule has 19 heavy (non-hydrogen) atoms. The second-order valence-corrected chi connectivity index (χ2v) is 5.33. The minimum absolute atomic E-state index is 0.362. The number of phenols is 1. The number of phenolic OH excluding ortho intramolecular Hbond substituents is 1. The maximum Gasteiger partial charge on any atom is 0.145 e. The van der Waals surface area contributed by atoms with E-state index in [1.807, 2.05) is 18.2 Å². The van der Waals surface area contributed by atoms with Crippen molar-refractivity contribution >= 4 is 10.9 Å². The highest BCUT2D eigenvalue weighted by molar-refractivity contribution is 5.85. The molecule has 2 heteroatoms. The molecule has 1 aromatic carbocycles. The number of aromatic nitrogens is 1. The molecule has 0 radical (unpaired) electrons. The number of nitrogens with zero attached hydrogens (tertiary/aromatic N) is 1. The lowest BCUT2D eigenvalue weighted by atomic mass is 9.93. The molecule has 0 spiro atoms. The number of aromatic hydroxyl groups is 1. The van der Waals surface area contributed by atoms with Crippen LogP contribution in [0.3, 0.4) is 0 Å². The van der Waals surface area contributed by atoms with E-state index in [0.29, 0.717) is 11.7 Å². The number of benzene rings is 1. The molecule has 2 rings (SSSR count). The van der Waals surface area contributed by atoms with Gasteiger partial charge in [0.25, 0.3) is 0 Å². The van der Waals surface area contributed by atoms with Crippen LogP contribution in [0, 0.1) is 0 Å². The van der Waals surface area contributed by atoms with Gasteiger partial charge in [-0.2, -0.15) is 0 Å². The smallest absolute Gasteiger partial charge is 0.145 e. The number of hydrogen-bond donors (Lipinski definition) is 1. The summed E-state index contributed by atoms with van der Waals surface area (Å²) >= 11 is 0. The first-order chi connectivity index (χ1) is 9.24. The Morgan fingerprint density at radius 3 is 2.79 bits per heavy atom. The Kier molecular flexibility index (Phi) is 4.78. The van der Waals surface area contributed by atoms with Crippen LogP contribution in [-0.4, -0.2) is 10.1 Å². The van der Waals surface area contributed by atoms with Crippen molar-refractivity contribution in [1.29, 1.82) is 0 Å². The Balaban J connectivity index is 2.13. The lowest BCUT2D eigenvalue weighted by Crippen LogP contribution is -1.95. The van der Waals surface area contributed by atoms with Gasteiger partial charge < -0.3 is 5.11 Å². The van der Waals surface area contributed by atoms with Crippen molar-refractivity contribution in [3.05, 3.63) is 36.0 Å². The first-order valence-corrected chi connectivity index (χ1v) is 7.30. The third kappa shape index (κ3) is 3.25. The largest absolute Gasteiger partial charge is 0.505 e. The third-order valence-corrected chi connectivity index (χ3v) is 3.80. The van der Waals surface area contributed by atoms with Crippen LogP contribution >= 0.6 is 0 Å². The van der Waals surface area contributed by atoms with E-state index < -0.39 is 0 Å². The molecule has 0 saturated heterocycles. The number of fused-ring (bicyclic) bond motifs is 1. The summed E-state index contributed by atoms with van der Waals surface area (Å²) in [5, 5.41) is 11.4. The van der Waals surface area contributed by atoms with Crippen molar-refractivity contribution in [3.63, 3.8) is 0 Å². The fourth-order valence-electron chi connectivity index (χ4n) is 2.58. The van der Waals surface area contributed by atoms with Gasteiger partial charge in [0, 0.05) is 11.6 Å². The lowest BCUT2D eigenvalue weighted by Gasteiger charge is -2.14. The molecule has 1 atom stereocenters. The normalized spacial score (nSPS) is 12.7. The molecular weight excluding hydrogens is 234 g/mol. The van der Waals surface area contributed by atoms with E-state index >= 15 is 0 Å². The molecule has 1 heterocycles. The van der Waals surface area contributed by atoms with Gasteiger partial charge in [-0.15, -0.1) is 0 Å². The topological polar surface area (TPSA) is 33.1 Å². The van der Waals surface area contributed by atoms with Crippen LogP contribution in [0.2, 0.25) is 0 Å². The molecule has 0 fully saturated rings. The molecular formula is C17H23NO. The van der Waals surface area contributed by atoms with E-state index in [2.05, 4.69) is 24.9 Å². The summed E-state index contributed by atoms with van der Waals surface area (Å²) in [6, 6.07) is 7.98. The molecule has 1 N–H and O–H groups in total. The zero-order valence-electron chi connectivity index (χ0n) is 11.9. The summed E-state index contributed by atoms with van der Waals surface area (Å²) in [5.41, 5.74) is 1.75. The number of hydrogen-bond acceptors (Lipinski definition) is 2. The fourth-order valence-corrected chi connectivity index (χ4v) is 2.58. The molecule has 2 aromatic rings. The number of pyridine rings is 1. The van der Waals surface area contributed by atoms with Crippen LogP contribution in [0.5, 0.6) is 5.75 Å². The van der Waals surface area contributed by atoms with Crippen LogP contribution in [0.25, 0.3) is 10.9 Å². The maximum atomic E-state index is 10.4. The van der Waals surface area contributed by atoms with Gasteiger partial charge in [-0.3, -0.25) is 4.98 Å². The second-order valence-electron chi connectivity index (χ2n) is 5.33. The van der Waals surface area contributed by atoms with Crippen LogP contribution in [0.15, 0.2) is 30.5 Å². The van der Waals surface area contributed by atoms with Crippen molar-refractivity contribution in [1.82, 2.24) is 4.98 Å². The van der Waals surface area contributed by atoms with Crippen LogP contribution in [0.1, 0.15) is 57.4 Å². The molecule has 0 bridgehead atoms. The lowest BCUT2D eigenvalue weighted by molar-refractivity contribution is 0.462. The molecule has 0 aliphatic carbocycles. The van der Waals surface area contributed by atoms with E-state index in [0.717, 1.165) is 22.9 Å². The van der Waals surface area contributed by atoms with Crippen LogP contribution < -0.4 is 0 Å². The highest BCUT2D eigenvalue weighted by Crippen LogP contribution is 2.34. The third-order valence-electron chi connectivity index (χ3n) is 3.80. The van der Waals surface area contributed by atoms with Crippen molar-refractivity contribution < 1.29 is 5.11 Å². The molecule has 0 amide bonds.